The Morgan fingerprint density at radius 1 is 1.06 bits per heavy atom. The number of nitrogens with zero attached hydrogens (tertiary/aromatic N) is 4. The molecule has 1 atom stereocenters. The van der Waals surface area contributed by atoms with Crippen LogP contribution in [0.25, 0.3) is 0 Å². The number of hydrogen-bond acceptors (Lipinski definition) is 5. The molecule has 1 saturated heterocycles. The fraction of sp³-hybridized carbons (Fsp3) is 0.538. The zero-order chi connectivity index (χ0) is 22.3. The normalized spacial score (nSPS) is 18.9. The van der Waals surface area contributed by atoms with Crippen LogP contribution in [0.3, 0.4) is 0 Å². The van der Waals surface area contributed by atoms with Crippen LogP contribution in [0, 0.1) is 5.92 Å². The number of methoxy groups -OCH3 is 1. The lowest BCUT2D eigenvalue weighted by Gasteiger charge is -2.40. The highest BCUT2D eigenvalue weighted by molar-refractivity contribution is 5.94. The number of para-hydroxylation sites is 2. The van der Waals surface area contributed by atoms with E-state index in [1.165, 1.54) is 6.42 Å². The SMILES string of the molecule is COc1ccccc1N1CCN(C[C@@H](C)N(C(=O)C2CCCCC2)c2ccccn2)CC1. The largest absolute Gasteiger partial charge is 0.495 e. The third-order valence-corrected chi connectivity index (χ3v) is 6.85. The van der Waals surface area contributed by atoms with Crippen molar-refractivity contribution in [1.29, 1.82) is 0 Å². The molecule has 1 aromatic carbocycles. The van der Waals surface area contributed by atoms with Gasteiger partial charge in [0.2, 0.25) is 5.91 Å². The van der Waals surface area contributed by atoms with E-state index in [0.29, 0.717) is 0 Å². The molecule has 6 nitrogen and oxygen atoms in total. The molecule has 172 valence electrons. The van der Waals surface area contributed by atoms with Crippen LogP contribution in [0.5, 0.6) is 5.75 Å². The number of carbonyl (C=O) groups excluding carboxylic acids is 1. The Bertz CT molecular complexity index is 861. The minimum atomic E-state index is 0.0807. The molecule has 0 unspecified atom stereocenters. The minimum absolute atomic E-state index is 0.0807. The topological polar surface area (TPSA) is 48.9 Å². The summed E-state index contributed by atoms with van der Waals surface area (Å²) in [6.45, 7) is 6.86. The maximum Gasteiger partial charge on any atom is 0.231 e. The minimum Gasteiger partial charge on any atom is -0.495 e. The number of anilines is 2. The summed E-state index contributed by atoms with van der Waals surface area (Å²) in [5.41, 5.74) is 1.16. The molecule has 1 amide bonds. The van der Waals surface area contributed by atoms with E-state index in [0.717, 1.165) is 75.7 Å². The van der Waals surface area contributed by atoms with E-state index in [1.54, 1.807) is 13.3 Å². The third kappa shape index (κ3) is 5.23. The predicted molar refractivity (Wildman–Crippen MR) is 129 cm³/mol. The molecular formula is C26H36N4O2. The van der Waals surface area contributed by atoms with E-state index in [2.05, 4.69) is 33.8 Å². The first-order chi connectivity index (χ1) is 15.7. The average molecular weight is 437 g/mol. The van der Waals surface area contributed by atoms with Crippen LogP contribution in [-0.2, 0) is 4.79 Å². The summed E-state index contributed by atoms with van der Waals surface area (Å²) in [7, 11) is 1.73. The molecule has 0 bridgehead atoms. The molecule has 0 spiro atoms. The van der Waals surface area contributed by atoms with Gasteiger partial charge < -0.3 is 9.64 Å². The summed E-state index contributed by atoms with van der Waals surface area (Å²) < 4.78 is 5.55. The second kappa shape index (κ2) is 10.8. The molecule has 0 N–H and O–H groups in total. The second-order valence-corrected chi connectivity index (χ2v) is 9.04. The Morgan fingerprint density at radius 3 is 2.47 bits per heavy atom. The highest BCUT2D eigenvalue weighted by Gasteiger charge is 2.32. The number of pyridine rings is 1. The molecule has 2 fully saturated rings. The van der Waals surface area contributed by atoms with Gasteiger partial charge in [0.15, 0.2) is 0 Å². The molecule has 4 rings (SSSR count). The Hall–Kier alpha value is -2.60. The lowest BCUT2D eigenvalue weighted by molar-refractivity contribution is -0.123. The average Bonchev–Trinajstić information content (AvgIpc) is 2.86. The van der Waals surface area contributed by atoms with Crippen molar-refractivity contribution in [3.8, 4) is 5.75 Å². The molecule has 1 saturated carbocycles. The number of piperazine rings is 1. The van der Waals surface area contributed by atoms with Gasteiger partial charge in [-0.3, -0.25) is 14.6 Å². The van der Waals surface area contributed by atoms with Crippen molar-refractivity contribution < 1.29 is 9.53 Å². The van der Waals surface area contributed by atoms with Gasteiger partial charge in [-0.1, -0.05) is 37.5 Å². The van der Waals surface area contributed by atoms with Crippen LogP contribution in [0.2, 0.25) is 0 Å². The van der Waals surface area contributed by atoms with Crippen molar-refractivity contribution in [2.75, 3.05) is 49.6 Å². The molecule has 2 heterocycles. The smallest absolute Gasteiger partial charge is 0.231 e. The number of amides is 1. The first kappa shape index (κ1) is 22.6. The van der Waals surface area contributed by atoms with Gasteiger partial charge in [-0.05, 0) is 44.0 Å². The summed E-state index contributed by atoms with van der Waals surface area (Å²) in [4.78, 5) is 24.9. The lowest BCUT2D eigenvalue weighted by atomic mass is 9.88. The standard InChI is InChI=1S/C26H36N4O2/c1-21(20-28-16-18-29(19-17-28)23-12-6-7-13-24(23)32-2)30(25-14-8-9-15-27-25)26(31)22-10-4-3-5-11-22/h6-9,12-15,21-22H,3-5,10-11,16-20H2,1-2H3/t21-/m1/s1. The van der Waals surface area contributed by atoms with Crippen molar-refractivity contribution in [2.45, 2.75) is 45.1 Å². The monoisotopic (exact) mass is 436 g/mol. The van der Waals surface area contributed by atoms with Gasteiger partial charge in [-0.25, -0.2) is 4.98 Å². The first-order valence-corrected chi connectivity index (χ1v) is 12.0. The van der Waals surface area contributed by atoms with Gasteiger partial charge in [-0.15, -0.1) is 0 Å². The highest BCUT2D eigenvalue weighted by atomic mass is 16.5. The number of benzene rings is 1. The quantitative estimate of drug-likeness (QED) is 0.651. The zero-order valence-corrected chi connectivity index (χ0v) is 19.4. The van der Waals surface area contributed by atoms with E-state index in [1.807, 2.05) is 35.2 Å². The summed E-state index contributed by atoms with van der Waals surface area (Å²) >= 11 is 0. The van der Waals surface area contributed by atoms with Gasteiger partial charge in [0.1, 0.15) is 11.6 Å². The van der Waals surface area contributed by atoms with Crippen molar-refractivity contribution in [3.05, 3.63) is 48.7 Å². The van der Waals surface area contributed by atoms with Crippen molar-refractivity contribution >= 4 is 17.4 Å². The van der Waals surface area contributed by atoms with E-state index >= 15 is 0 Å². The highest BCUT2D eigenvalue weighted by Crippen LogP contribution is 2.30. The van der Waals surface area contributed by atoms with Gasteiger partial charge >= 0.3 is 0 Å². The Morgan fingerprint density at radius 2 is 1.78 bits per heavy atom. The summed E-state index contributed by atoms with van der Waals surface area (Å²) in [6, 6.07) is 14.2. The summed E-state index contributed by atoms with van der Waals surface area (Å²) in [5.74, 6) is 2.09. The summed E-state index contributed by atoms with van der Waals surface area (Å²) in [5, 5.41) is 0. The Balaban J connectivity index is 1.41. The molecule has 1 aliphatic heterocycles. The molecule has 1 aromatic heterocycles. The number of ether oxygens (including phenoxy) is 1. The van der Waals surface area contributed by atoms with E-state index < -0.39 is 0 Å². The van der Waals surface area contributed by atoms with Gasteiger partial charge in [0.05, 0.1) is 12.8 Å². The Labute approximate surface area is 192 Å². The van der Waals surface area contributed by atoms with Crippen molar-refractivity contribution in [3.63, 3.8) is 0 Å². The zero-order valence-electron chi connectivity index (χ0n) is 19.4. The third-order valence-electron chi connectivity index (χ3n) is 6.85. The van der Waals surface area contributed by atoms with Crippen LogP contribution in [-0.4, -0.2) is 61.7 Å². The molecule has 2 aliphatic rings. The number of aromatic nitrogens is 1. The molecule has 6 heteroatoms. The fourth-order valence-electron chi connectivity index (χ4n) is 5.12. The maximum atomic E-state index is 13.5. The van der Waals surface area contributed by atoms with Crippen molar-refractivity contribution in [2.24, 2.45) is 5.92 Å². The summed E-state index contributed by atoms with van der Waals surface area (Å²) in [6.07, 6.45) is 7.37. The second-order valence-electron chi connectivity index (χ2n) is 9.04. The van der Waals surface area contributed by atoms with Crippen LogP contribution in [0.15, 0.2) is 48.7 Å². The van der Waals surface area contributed by atoms with Crippen molar-refractivity contribution in [1.82, 2.24) is 9.88 Å². The van der Waals surface area contributed by atoms with E-state index in [-0.39, 0.29) is 17.9 Å². The van der Waals surface area contributed by atoms with E-state index in [4.69, 9.17) is 4.74 Å². The predicted octanol–water partition coefficient (Wildman–Crippen LogP) is 4.21. The Kier molecular flexibility index (Phi) is 7.63. The lowest BCUT2D eigenvalue weighted by Crippen LogP contribution is -2.53. The van der Waals surface area contributed by atoms with Crippen LogP contribution in [0.4, 0.5) is 11.5 Å². The molecule has 2 aromatic rings. The number of carbonyl (C=O) groups is 1. The maximum absolute atomic E-state index is 13.5. The van der Waals surface area contributed by atoms with Crippen LogP contribution < -0.4 is 14.5 Å². The van der Waals surface area contributed by atoms with Gasteiger partial charge in [-0.2, -0.15) is 0 Å². The van der Waals surface area contributed by atoms with Crippen LogP contribution in [0.1, 0.15) is 39.0 Å². The first-order valence-electron chi connectivity index (χ1n) is 12.0. The molecule has 1 aliphatic carbocycles. The number of rotatable bonds is 7. The molecule has 0 radical (unpaired) electrons. The molecule has 32 heavy (non-hydrogen) atoms. The van der Waals surface area contributed by atoms with E-state index in [9.17, 15) is 4.79 Å². The number of hydrogen-bond donors (Lipinski definition) is 0. The van der Waals surface area contributed by atoms with Gasteiger partial charge in [0, 0.05) is 50.9 Å². The van der Waals surface area contributed by atoms with Gasteiger partial charge in [0.25, 0.3) is 0 Å². The fourth-order valence-corrected chi connectivity index (χ4v) is 5.12. The molecular weight excluding hydrogens is 400 g/mol. The van der Waals surface area contributed by atoms with Crippen LogP contribution >= 0.6 is 0 Å².